The second-order valence-electron chi connectivity index (χ2n) is 2.10. The largest absolute Gasteiger partial charge is 0.366 e. The Morgan fingerprint density at radius 3 is 2.22 bits per heavy atom. The van der Waals surface area contributed by atoms with Gasteiger partial charge in [-0.1, -0.05) is 6.92 Å². The molecule has 9 heavy (non-hydrogen) atoms. The third-order valence-electron chi connectivity index (χ3n) is 0.708. The van der Waals surface area contributed by atoms with Gasteiger partial charge in [0, 0.05) is 0 Å². The van der Waals surface area contributed by atoms with Gasteiger partial charge < -0.3 is 5.11 Å². The Bertz CT molecular complexity index is 63.3. The summed E-state index contributed by atoms with van der Waals surface area (Å²) in [6.07, 6.45) is -0.231. The Hall–Kier alpha value is -0.120. The van der Waals surface area contributed by atoms with E-state index in [0.717, 1.165) is 0 Å². The van der Waals surface area contributed by atoms with E-state index in [1.807, 2.05) is 20.8 Å². The fourth-order valence-electron chi connectivity index (χ4n) is 0.243. The fraction of sp³-hybridized carbons (Fsp3) is 1.00. The molecule has 0 aliphatic rings. The van der Waals surface area contributed by atoms with E-state index >= 15 is 0 Å². The molecule has 0 aromatic carbocycles. The highest BCUT2D eigenvalue weighted by Gasteiger charge is 2.01. The lowest BCUT2D eigenvalue weighted by atomic mass is 10.5. The van der Waals surface area contributed by atoms with Crippen molar-refractivity contribution in [1.29, 1.82) is 0 Å². The Kier molecular flexibility index (Phi) is 4.67. The van der Waals surface area contributed by atoms with Crippen LogP contribution in [-0.2, 0) is 9.78 Å². The Labute approximate surface area is 55.5 Å². The molecule has 0 fully saturated rings. The van der Waals surface area contributed by atoms with Crippen molar-refractivity contribution < 1.29 is 14.9 Å². The Morgan fingerprint density at radius 1 is 1.33 bits per heavy atom. The van der Waals surface area contributed by atoms with Crippen LogP contribution in [0.2, 0.25) is 0 Å². The lowest BCUT2D eigenvalue weighted by molar-refractivity contribution is -0.386. The van der Waals surface area contributed by atoms with Crippen molar-refractivity contribution in [2.24, 2.45) is 0 Å². The van der Waals surface area contributed by atoms with Gasteiger partial charge in [0.15, 0.2) is 6.29 Å². The Balaban J connectivity index is 3.06. The molecule has 3 nitrogen and oxygen atoms in total. The average molecular weight is 134 g/mol. The van der Waals surface area contributed by atoms with Crippen molar-refractivity contribution in [1.82, 2.24) is 0 Å². The molecule has 0 rings (SSSR count). The SMILES string of the molecule is CCC(O)OOC(C)C. The normalized spacial score (nSPS) is 14.3. The highest BCUT2D eigenvalue weighted by atomic mass is 17.2. The molecule has 1 unspecified atom stereocenters. The average Bonchev–Trinajstić information content (AvgIpc) is 1.83. The topological polar surface area (TPSA) is 38.7 Å². The third-order valence-corrected chi connectivity index (χ3v) is 0.708. The number of aliphatic hydroxyl groups excluding tert-OH is 1. The van der Waals surface area contributed by atoms with E-state index in [-0.39, 0.29) is 6.10 Å². The fourth-order valence-corrected chi connectivity index (χ4v) is 0.243. The predicted molar refractivity (Wildman–Crippen MR) is 33.6 cm³/mol. The van der Waals surface area contributed by atoms with E-state index in [1.54, 1.807) is 0 Å². The van der Waals surface area contributed by atoms with Gasteiger partial charge in [0.05, 0.1) is 6.10 Å². The summed E-state index contributed by atoms with van der Waals surface area (Å²) in [4.78, 5) is 9.15. The first-order chi connectivity index (χ1) is 4.16. The van der Waals surface area contributed by atoms with Crippen molar-refractivity contribution in [2.45, 2.75) is 39.6 Å². The highest BCUT2D eigenvalue weighted by Crippen LogP contribution is 1.96. The zero-order chi connectivity index (χ0) is 7.28. The van der Waals surface area contributed by atoms with Crippen molar-refractivity contribution in [3.8, 4) is 0 Å². The summed E-state index contributed by atoms with van der Waals surface area (Å²) >= 11 is 0. The second-order valence-corrected chi connectivity index (χ2v) is 2.10. The second kappa shape index (κ2) is 4.73. The molecule has 0 saturated heterocycles. The molecule has 0 heterocycles. The quantitative estimate of drug-likeness (QED) is 0.355. The molecular formula is C6H14O3. The number of hydrogen-bond acceptors (Lipinski definition) is 3. The van der Waals surface area contributed by atoms with Crippen molar-refractivity contribution in [3.05, 3.63) is 0 Å². The first kappa shape index (κ1) is 8.88. The number of hydrogen-bond donors (Lipinski definition) is 1. The summed E-state index contributed by atoms with van der Waals surface area (Å²) in [6, 6.07) is 0. The molecule has 3 heteroatoms. The zero-order valence-electron chi connectivity index (χ0n) is 6.13. The van der Waals surface area contributed by atoms with Gasteiger partial charge in [0.25, 0.3) is 0 Å². The van der Waals surface area contributed by atoms with Crippen LogP contribution in [0.15, 0.2) is 0 Å². The Morgan fingerprint density at radius 2 is 1.89 bits per heavy atom. The van der Waals surface area contributed by atoms with E-state index < -0.39 is 6.29 Å². The molecule has 0 aliphatic carbocycles. The summed E-state index contributed by atoms with van der Waals surface area (Å²) in [6.45, 7) is 5.49. The lowest BCUT2D eigenvalue weighted by Gasteiger charge is -2.09. The monoisotopic (exact) mass is 134 g/mol. The van der Waals surface area contributed by atoms with Crippen LogP contribution in [0.4, 0.5) is 0 Å². The van der Waals surface area contributed by atoms with Crippen molar-refractivity contribution in [3.63, 3.8) is 0 Å². The molecule has 0 aliphatic heterocycles. The van der Waals surface area contributed by atoms with Crippen LogP contribution in [0.25, 0.3) is 0 Å². The summed E-state index contributed by atoms with van der Waals surface area (Å²) in [5.74, 6) is 0. The molecule has 0 amide bonds. The minimum absolute atomic E-state index is 0.00574. The maximum atomic E-state index is 8.76. The molecule has 0 radical (unpaired) electrons. The van der Waals surface area contributed by atoms with Gasteiger partial charge in [-0.25, -0.2) is 9.78 Å². The van der Waals surface area contributed by atoms with Gasteiger partial charge in [0.1, 0.15) is 0 Å². The van der Waals surface area contributed by atoms with Gasteiger partial charge in [-0.2, -0.15) is 0 Å². The molecule has 0 bridgehead atoms. The maximum absolute atomic E-state index is 8.76. The van der Waals surface area contributed by atoms with Crippen LogP contribution in [0.1, 0.15) is 27.2 Å². The van der Waals surface area contributed by atoms with Gasteiger partial charge in [-0.05, 0) is 20.3 Å². The van der Waals surface area contributed by atoms with Crippen LogP contribution in [0.5, 0.6) is 0 Å². The molecule has 0 aromatic heterocycles. The van der Waals surface area contributed by atoms with E-state index in [9.17, 15) is 0 Å². The van der Waals surface area contributed by atoms with Crippen molar-refractivity contribution in [2.75, 3.05) is 0 Å². The van der Waals surface area contributed by atoms with Crippen LogP contribution >= 0.6 is 0 Å². The molecule has 0 saturated carbocycles. The highest BCUT2D eigenvalue weighted by molar-refractivity contribution is 4.30. The summed E-state index contributed by atoms with van der Waals surface area (Å²) < 4.78 is 0. The minimum atomic E-state index is -0.785. The van der Waals surface area contributed by atoms with E-state index in [0.29, 0.717) is 6.42 Å². The van der Waals surface area contributed by atoms with Gasteiger partial charge >= 0.3 is 0 Å². The lowest BCUT2D eigenvalue weighted by Crippen LogP contribution is -2.14. The van der Waals surface area contributed by atoms with E-state index in [1.165, 1.54) is 0 Å². The van der Waals surface area contributed by atoms with Crippen LogP contribution < -0.4 is 0 Å². The molecule has 0 spiro atoms. The van der Waals surface area contributed by atoms with Gasteiger partial charge in [-0.3, -0.25) is 0 Å². The minimum Gasteiger partial charge on any atom is -0.366 e. The predicted octanol–water partition coefficient (Wildman–Crippen LogP) is 1.07. The summed E-state index contributed by atoms with van der Waals surface area (Å²) in [5.41, 5.74) is 0. The van der Waals surface area contributed by atoms with Crippen LogP contribution in [0.3, 0.4) is 0 Å². The molecule has 0 aromatic rings. The van der Waals surface area contributed by atoms with Crippen molar-refractivity contribution >= 4 is 0 Å². The van der Waals surface area contributed by atoms with Gasteiger partial charge in [0.2, 0.25) is 0 Å². The molecule has 1 atom stereocenters. The number of rotatable bonds is 4. The third kappa shape index (κ3) is 5.76. The molecule has 56 valence electrons. The van der Waals surface area contributed by atoms with Crippen LogP contribution in [0, 0.1) is 0 Å². The zero-order valence-corrected chi connectivity index (χ0v) is 6.13. The standard InChI is InChI=1S/C6H14O3/c1-4-6(7)9-8-5(2)3/h5-7H,4H2,1-3H3. The van der Waals surface area contributed by atoms with Gasteiger partial charge in [-0.15, -0.1) is 0 Å². The molecular weight excluding hydrogens is 120 g/mol. The maximum Gasteiger partial charge on any atom is 0.188 e. The first-order valence-corrected chi connectivity index (χ1v) is 3.17. The van der Waals surface area contributed by atoms with Crippen LogP contribution in [-0.4, -0.2) is 17.5 Å². The number of aliphatic hydroxyl groups is 1. The van der Waals surface area contributed by atoms with E-state index in [2.05, 4.69) is 9.78 Å². The summed E-state index contributed by atoms with van der Waals surface area (Å²) in [5, 5.41) is 8.76. The first-order valence-electron chi connectivity index (χ1n) is 3.17. The summed E-state index contributed by atoms with van der Waals surface area (Å²) in [7, 11) is 0. The van der Waals surface area contributed by atoms with E-state index in [4.69, 9.17) is 5.11 Å². The molecule has 1 N–H and O–H groups in total. The smallest absolute Gasteiger partial charge is 0.188 e.